The smallest absolute Gasteiger partial charge is 0.269 e. The fourth-order valence-corrected chi connectivity index (χ4v) is 3.02. The Hall–Kier alpha value is -2.86. The Morgan fingerprint density at radius 2 is 1.77 bits per heavy atom. The molecule has 2 aromatic carbocycles. The lowest BCUT2D eigenvalue weighted by Gasteiger charge is -2.35. The largest absolute Gasteiger partial charge is 0.368 e. The van der Waals surface area contributed by atoms with Crippen LogP contribution < -0.4 is 4.90 Å². The predicted octanol–water partition coefficient (Wildman–Crippen LogP) is 3.61. The fourth-order valence-electron chi connectivity index (χ4n) is 2.84. The van der Waals surface area contributed by atoms with Crippen molar-refractivity contribution in [1.29, 1.82) is 0 Å². The first-order chi connectivity index (χ1) is 12.5. The van der Waals surface area contributed by atoms with Crippen LogP contribution in [0.25, 0.3) is 6.08 Å². The Morgan fingerprint density at radius 3 is 2.38 bits per heavy atom. The van der Waals surface area contributed by atoms with Gasteiger partial charge in [0.1, 0.15) is 0 Å². The molecule has 1 saturated heterocycles. The van der Waals surface area contributed by atoms with Gasteiger partial charge in [-0.15, -0.1) is 0 Å². The molecular weight excluding hydrogens is 354 g/mol. The van der Waals surface area contributed by atoms with Gasteiger partial charge in [0.15, 0.2) is 0 Å². The number of carbonyl (C=O) groups is 1. The molecular formula is C19H18ClN3O3. The maximum atomic E-state index is 12.3. The highest BCUT2D eigenvalue weighted by molar-refractivity contribution is 6.30. The van der Waals surface area contributed by atoms with Crippen molar-refractivity contribution in [3.05, 3.63) is 75.3 Å². The molecule has 0 spiro atoms. The maximum absolute atomic E-state index is 12.3. The van der Waals surface area contributed by atoms with Gasteiger partial charge in [-0.05, 0) is 42.0 Å². The van der Waals surface area contributed by atoms with Crippen LogP contribution >= 0.6 is 11.6 Å². The van der Waals surface area contributed by atoms with Gasteiger partial charge in [-0.2, -0.15) is 0 Å². The number of anilines is 1. The van der Waals surface area contributed by atoms with Crippen molar-refractivity contribution in [3.8, 4) is 0 Å². The fraction of sp³-hybridized carbons (Fsp3) is 0.211. The summed E-state index contributed by atoms with van der Waals surface area (Å²) in [6, 6.07) is 13.8. The molecule has 1 amide bonds. The van der Waals surface area contributed by atoms with Crippen molar-refractivity contribution in [3.63, 3.8) is 0 Å². The molecule has 6 nitrogen and oxygen atoms in total. The lowest BCUT2D eigenvalue weighted by atomic mass is 10.2. The minimum absolute atomic E-state index is 0.0330. The Kier molecular flexibility index (Phi) is 5.53. The summed E-state index contributed by atoms with van der Waals surface area (Å²) in [6.45, 7) is 2.76. The number of piperazine rings is 1. The zero-order valence-electron chi connectivity index (χ0n) is 14.0. The quantitative estimate of drug-likeness (QED) is 0.468. The van der Waals surface area contributed by atoms with Gasteiger partial charge in [-0.25, -0.2) is 0 Å². The van der Waals surface area contributed by atoms with Crippen molar-refractivity contribution in [1.82, 2.24) is 4.90 Å². The number of nitrogens with zero attached hydrogens (tertiary/aromatic N) is 3. The van der Waals surface area contributed by atoms with Crippen molar-refractivity contribution in [2.75, 3.05) is 31.1 Å². The number of rotatable bonds is 4. The number of benzene rings is 2. The number of nitro groups is 1. The van der Waals surface area contributed by atoms with Gasteiger partial charge in [0.05, 0.1) is 4.92 Å². The molecule has 3 rings (SSSR count). The Morgan fingerprint density at radius 1 is 1.08 bits per heavy atom. The summed E-state index contributed by atoms with van der Waals surface area (Å²) in [5.74, 6) is -0.0610. The van der Waals surface area contributed by atoms with E-state index in [9.17, 15) is 14.9 Å². The summed E-state index contributed by atoms with van der Waals surface area (Å²) in [7, 11) is 0. The molecule has 26 heavy (non-hydrogen) atoms. The first kappa shape index (κ1) is 17.9. The molecule has 1 aliphatic rings. The van der Waals surface area contributed by atoms with Gasteiger partial charge in [0.25, 0.3) is 5.69 Å². The number of halogens is 1. The number of hydrogen-bond donors (Lipinski definition) is 0. The second-order valence-corrected chi connectivity index (χ2v) is 6.41. The van der Waals surface area contributed by atoms with Crippen LogP contribution in [0.3, 0.4) is 0 Å². The highest BCUT2D eigenvalue weighted by Gasteiger charge is 2.19. The molecule has 1 aliphatic heterocycles. The molecule has 0 aliphatic carbocycles. The molecule has 0 atom stereocenters. The molecule has 2 aromatic rings. The van der Waals surface area contributed by atoms with Crippen molar-refractivity contribution in [2.45, 2.75) is 0 Å². The third-order valence-corrected chi connectivity index (χ3v) is 4.52. The van der Waals surface area contributed by atoms with E-state index in [0.717, 1.165) is 24.3 Å². The van der Waals surface area contributed by atoms with E-state index < -0.39 is 4.92 Å². The number of nitro benzene ring substituents is 1. The van der Waals surface area contributed by atoms with E-state index in [1.807, 2.05) is 24.3 Å². The summed E-state index contributed by atoms with van der Waals surface area (Å²) in [5.41, 5.74) is 1.85. The topological polar surface area (TPSA) is 66.7 Å². The molecule has 0 radical (unpaired) electrons. The molecule has 0 bridgehead atoms. The van der Waals surface area contributed by atoms with Crippen molar-refractivity contribution in [2.24, 2.45) is 0 Å². The average molecular weight is 372 g/mol. The summed E-state index contributed by atoms with van der Waals surface area (Å²) < 4.78 is 0. The van der Waals surface area contributed by atoms with Gasteiger partial charge in [0.2, 0.25) is 5.91 Å². The van der Waals surface area contributed by atoms with Gasteiger partial charge < -0.3 is 9.80 Å². The van der Waals surface area contributed by atoms with Crippen LogP contribution in [0.2, 0.25) is 5.02 Å². The second kappa shape index (κ2) is 8.01. The van der Waals surface area contributed by atoms with Crippen LogP contribution in [-0.2, 0) is 4.79 Å². The summed E-state index contributed by atoms with van der Waals surface area (Å²) in [4.78, 5) is 26.5. The van der Waals surface area contributed by atoms with Crippen LogP contribution in [0.4, 0.5) is 11.4 Å². The first-order valence-electron chi connectivity index (χ1n) is 8.25. The molecule has 0 unspecified atom stereocenters. The zero-order chi connectivity index (χ0) is 18.5. The maximum Gasteiger partial charge on any atom is 0.269 e. The summed E-state index contributed by atoms with van der Waals surface area (Å²) in [5, 5.41) is 11.3. The molecule has 0 saturated carbocycles. The van der Waals surface area contributed by atoms with E-state index in [2.05, 4.69) is 4.90 Å². The minimum Gasteiger partial charge on any atom is -0.368 e. The third kappa shape index (κ3) is 4.40. The van der Waals surface area contributed by atoms with Crippen molar-refractivity contribution >= 4 is 35.0 Å². The normalized spacial score (nSPS) is 14.7. The Labute approximate surface area is 156 Å². The lowest BCUT2D eigenvalue weighted by molar-refractivity contribution is -0.384. The first-order valence-corrected chi connectivity index (χ1v) is 8.63. The van der Waals surface area contributed by atoms with Gasteiger partial charge in [-0.1, -0.05) is 17.7 Å². The van der Waals surface area contributed by atoms with E-state index in [4.69, 9.17) is 11.6 Å². The molecule has 7 heteroatoms. The van der Waals surface area contributed by atoms with Crippen LogP contribution in [-0.4, -0.2) is 41.9 Å². The molecule has 1 fully saturated rings. The number of amides is 1. The van der Waals surface area contributed by atoms with Crippen LogP contribution in [0.5, 0.6) is 0 Å². The van der Waals surface area contributed by atoms with Crippen LogP contribution in [0, 0.1) is 10.1 Å². The van der Waals surface area contributed by atoms with Crippen LogP contribution in [0.1, 0.15) is 5.56 Å². The molecule has 0 aromatic heterocycles. The van der Waals surface area contributed by atoms with Gasteiger partial charge in [-0.3, -0.25) is 14.9 Å². The van der Waals surface area contributed by atoms with Gasteiger partial charge in [0, 0.05) is 55.1 Å². The third-order valence-electron chi connectivity index (χ3n) is 4.29. The SMILES string of the molecule is O=C(C=Cc1ccc([N+](=O)[O-])cc1)N1CCN(c2cccc(Cl)c2)CC1. The number of hydrogen-bond acceptors (Lipinski definition) is 4. The van der Waals surface area contributed by atoms with E-state index in [1.54, 1.807) is 23.1 Å². The molecule has 134 valence electrons. The summed E-state index contributed by atoms with van der Waals surface area (Å²) >= 11 is 6.03. The van der Waals surface area contributed by atoms with Crippen LogP contribution in [0.15, 0.2) is 54.6 Å². The second-order valence-electron chi connectivity index (χ2n) is 5.97. The van der Waals surface area contributed by atoms with E-state index >= 15 is 0 Å². The minimum atomic E-state index is -0.446. The molecule has 1 heterocycles. The predicted molar refractivity (Wildman–Crippen MR) is 102 cm³/mol. The number of non-ortho nitro benzene ring substituents is 1. The molecule has 0 N–H and O–H groups in total. The Bertz CT molecular complexity index is 828. The average Bonchev–Trinajstić information content (AvgIpc) is 2.66. The lowest BCUT2D eigenvalue weighted by Crippen LogP contribution is -2.48. The number of carbonyl (C=O) groups excluding carboxylic acids is 1. The van der Waals surface area contributed by atoms with E-state index in [0.29, 0.717) is 18.1 Å². The standard InChI is InChI=1S/C19H18ClN3O3/c20-16-2-1-3-18(14-16)21-10-12-22(13-11-21)19(24)9-6-15-4-7-17(8-5-15)23(25)26/h1-9,14H,10-13H2. The van der Waals surface area contributed by atoms with E-state index in [-0.39, 0.29) is 11.6 Å². The highest BCUT2D eigenvalue weighted by Crippen LogP contribution is 2.21. The van der Waals surface area contributed by atoms with Crippen molar-refractivity contribution < 1.29 is 9.72 Å². The monoisotopic (exact) mass is 371 g/mol. The van der Waals surface area contributed by atoms with Gasteiger partial charge >= 0.3 is 0 Å². The Balaban J connectivity index is 1.55. The zero-order valence-corrected chi connectivity index (χ0v) is 14.8. The summed E-state index contributed by atoms with van der Waals surface area (Å²) in [6.07, 6.45) is 3.19. The highest BCUT2D eigenvalue weighted by atomic mass is 35.5. The van der Waals surface area contributed by atoms with E-state index in [1.165, 1.54) is 18.2 Å².